The van der Waals surface area contributed by atoms with E-state index in [1.807, 2.05) is 30.5 Å². The van der Waals surface area contributed by atoms with Gasteiger partial charge in [0.1, 0.15) is 7.21 Å². The van der Waals surface area contributed by atoms with Crippen molar-refractivity contribution in [2.45, 2.75) is 13.8 Å². The lowest BCUT2D eigenvalue weighted by molar-refractivity contribution is 1.32. The number of hydrogen-bond donors (Lipinski definition) is 1. The molecule has 0 fully saturated rings. The minimum atomic E-state index is -2.34. The third-order valence-electron chi connectivity index (χ3n) is 4.97. The Morgan fingerprint density at radius 2 is 1.38 bits per heavy atom. The molecule has 1 N–H and O–H groups in total. The maximum absolute atomic E-state index is 5.40. The van der Waals surface area contributed by atoms with Gasteiger partial charge in [0.15, 0.2) is 0 Å². The van der Waals surface area contributed by atoms with E-state index in [0.29, 0.717) is 0 Å². The monoisotopic (exact) mass is 397 g/mol. The summed E-state index contributed by atoms with van der Waals surface area (Å²) in [5, 5.41) is 6.14. The Bertz CT molecular complexity index is 1100. The molecule has 29 heavy (non-hydrogen) atoms. The molecule has 4 heteroatoms. The van der Waals surface area contributed by atoms with Crippen molar-refractivity contribution in [3.05, 3.63) is 115 Å². The fourth-order valence-electron chi connectivity index (χ4n) is 3.28. The number of rotatable bonds is 5. The van der Waals surface area contributed by atoms with Gasteiger partial charge in [-0.05, 0) is 49.2 Å². The van der Waals surface area contributed by atoms with Gasteiger partial charge in [0.25, 0.3) is 0 Å². The third kappa shape index (κ3) is 4.16. The molecule has 0 amide bonds. The molecule has 0 atom stereocenters. The van der Waals surface area contributed by atoms with Gasteiger partial charge in [0, 0.05) is 16.8 Å². The molecular formula is C25H24N3P. The highest BCUT2D eigenvalue weighted by Crippen LogP contribution is 2.49. The molecule has 3 aromatic carbocycles. The molecule has 4 rings (SSSR count). The lowest BCUT2D eigenvalue weighted by atomic mass is 10.1. The molecule has 0 spiro atoms. The van der Waals surface area contributed by atoms with Crippen molar-refractivity contribution in [3.8, 4) is 0 Å². The van der Waals surface area contributed by atoms with Crippen LogP contribution in [0.2, 0.25) is 0 Å². The molecule has 0 unspecified atom stereocenters. The lowest BCUT2D eigenvalue weighted by Gasteiger charge is -2.28. The molecule has 3 nitrogen and oxygen atoms in total. The Kier molecular flexibility index (Phi) is 5.59. The zero-order valence-electron chi connectivity index (χ0n) is 16.7. The van der Waals surface area contributed by atoms with Gasteiger partial charge in [0.2, 0.25) is 0 Å². The van der Waals surface area contributed by atoms with E-state index in [4.69, 9.17) is 4.74 Å². The fraction of sp³-hybridized carbons (Fsp3) is 0.0800. The highest BCUT2D eigenvalue weighted by atomic mass is 31.2. The largest absolute Gasteiger partial charge is 0.344 e. The Hall–Kier alpha value is -3.16. The van der Waals surface area contributed by atoms with E-state index in [1.54, 1.807) is 6.20 Å². The number of anilines is 1. The van der Waals surface area contributed by atoms with Crippen molar-refractivity contribution >= 4 is 29.2 Å². The Labute approximate surface area is 172 Å². The molecule has 0 aliphatic rings. The smallest absolute Gasteiger partial charge is 0.115 e. The number of aromatic nitrogens is 1. The molecule has 0 saturated heterocycles. The normalized spacial score (nSPS) is 11.1. The van der Waals surface area contributed by atoms with Crippen LogP contribution in [0.1, 0.15) is 11.1 Å². The van der Waals surface area contributed by atoms with Gasteiger partial charge >= 0.3 is 0 Å². The van der Waals surface area contributed by atoms with Crippen LogP contribution in [-0.2, 0) is 0 Å². The first-order chi connectivity index (χ1) is 14.2. The zero-order valence-corrected chi connectivity index (χ0v) is 17.6. The predicted molar refractivity (Wildman–Crippen MR) is 125 cm³/mol. The predicted octanol–water partition coefficient (Wildman–Crippen LogP) is 6.21. The van der Waals surface area contributed by atoms with Crippen molar-refractivity contribution in [1.29, 1.82) is 0 Å². The van der Waals surface area contributed by atoms with E-state index >= 15 is 0 Å². The molecule has 4 aromatic rings. The van der Waals surface area contributed by atoms with E-state index in [1.165, 1.54) is 21.7 Å². The van der Waals surface area contributed by atoms with Crippen LogP contribution in [0.3, 0.4) is 0 Å². The van der Waals surface area contributed by atoms with Crippen LogP contribution in [-0.4, -0.2) is 4.98 Å². The molecule has 0 saturated carbocycles. The third-order valence-corrected chi connectivity index (χ3v) is 8.17. The second-order valence-electron chi connectivity index (χ2n) is 7.03. The number of nitrogens with zero attached hydrogens (tertiary/aromatic N) is 2. The van der Waals surface area contributed by atoms with Crippen LogP contribution < -0.4 is 15.7 Å². The summed E-state index contributed by atoms with van der Waals surface area (Å²) in [6, 6.07) is 31.5. The van der Waals surface area contributed by atoms with Crippen molar-refractivity contribution in [1.82, 2.24) is 4.98 Å². The van der Waals surface area contributed by atoms with Gasteiger partial charge in [0.05, 0.1) is 17.6 Å². The molecule has 0 bridgehead atoms. The maximum atomic E-state index is 5.40. The van der Waals surface area contributed by atoms with Crippen molar-refractivity contribution in [2.24, 2.45) is 4.74 Å². The topological polar surface area (TPSA) is 37.3 Å². The van der Waals surface area contributed by atoms with Crippen molar-refractivity contribution < 1.29 is 0 Å². The summed E-state index contributed by atoms with van der Waals surface area (Å²) in [6.45, 7) is 4.26. The van der Waals surface area contributed by atoms with Crippen molar-refractivity contribution in [3.63, 3.8) is 0 Å². The second-order valence-corrected chi connectivity index (χ2v) is 9.76. The Morgan fingerprint density at radius 1 is 0.724 bits per heavy atom. The zero-order chi connectivity index (χ0) is 20.1. The summed E-state index contributed by atoms with van der Waals surface area (Å²) < 4.78 is 5.40. The summed E-state index contributed by atoms with van der Waals surface area (Å²) in [5.41, 5.74) is 4.45. The highest BCUT2D eigenvalue weighted by molar-refractivity contribution is 7.82. The van der Waals surface area contributed by atoms with Crippen LogP contribution in [0.5, 0.6) is 0 Å². The summed E-state index contributed by atoms with van der Waals surface area (Å²) in [5.74, 6) is 0. The molecule has 0 radical (unpaired) electrons. The van der Waals surface area contributed by atoms with Crippen LogP contribution >= 0.6 is 7.21 Å². The summed E-state index contributed by atoms with van der Waals surface area (Å²) >= 11 is 0. The summed E-state index contributed by atoms with van der Waals surface area (Å²) in [7, 11) is -2.34. The average Bonchev–Trinajstić information content (AvgIpc) is 2.78. The Morgan fingerprint density at radius 3 is 1.93 bits per heavy atom. The number of hydrogen-bond acceptors (Lipinski definition) is 2. The summed E-state index contributed by atoms with van der Waals surface area (Å²) in [6.07, 6.45) is 3.65. The quantitative estimate of drug-likeness (QED) is 0.407. The van der Waals surface area contributed by atoms with Gasteiger partial charge in [-0.2, -0.15) is 0 Å². The number of pyridine rings is 1. The van der Waals surface area contributed by atoms with E-state index in [-0.39, 0.29) is 0 Å². The van der Waals surface area contributed by atoms with Crippen LogP contribution in [0.15, 0.2) is 108 Å². The fourth-order valence-corrected chi connectivity index (χ4v) is 6.30. The number of nitrogens with one attached hydrogen (secondary N) is 1. The number of benzene rings is 3. The lowest BCUT2D eigenvalue weighted by Crippen LogP contribution is -2.22. The molecule has 144 valence electrons. The minimum Gasteiger partial charge on any atom is -0.344 e. The van der Waals surface area contributed by atoms with E-state index in [2.05, 4.69) is 90.6 Å². The van der Waals surface area contributed by atoms with Gasteiger partial charge < -0.3 is 5.09 Å². The summed E-state index contributed by atoms with van der Waals surface area (Å²) in [4.78, 5) is 4.30. The highest BCUT2D eigenvalue weighted by Gasteiger charge is 2.25. The molecule has 1 aromatic heterocycles. The van der Waals surface area contributed by atoms with E-state index in [0.717, 1.165) is 11.4 Å². The molecule has 0 aliphatic heterocycles. The van der Waals surface area contributed by atoms with E-state index < -0.39 is 7.21 Å². The molecule has 1 heterocycles. The second kappa shape index (κ2) is 8.46. The van der Waals surface area contributed by atoms with Gasteiger partial charge in [-0.25, -0.2) is 4.74 Å². The number of aryl methyl sites for hydroxylation is 2. The minimum absolute atomic E-state index is 0.959. The van der Waals surface area contributed by atoms with Crippen LogP contribution in [0.25, 0.3) is 0 Å². The molecular weight excluding hydrogens is 373 g/mol. The van der Waals surface area contributed by atoms with E-state index in [9.17, 15) is 0 Å². The van der Waals surface area contributed by atoms with Crippen LogP contribution in [0.4, 0.5) is 11.4 Å². The first-order valence-corrected chi connectivity index (χ1v) is 11.4. The van der Waals surface area contributed by atoms with Gasteiger partial charge in [-0.15, -0.1) is 0 Å². The first kappa shape index (κ1) is 19.2. The SMILES string of the molecule is Cc1ccc(N=P(Nc2cccnc2)(c2ccccc2)c2ccccc2)cc1C. The van der Waals surface area contributed by atoms with Crippen molar-refractivity contribution in [2.75, 3.05) is 5.09 Å². The first-order valence-electron chi connectivity index (χ1n) is 9.66. The maximum Gasteiger partial charge on any atom is 0.115 e. The van der Waals surface area contributed by atoms with Gasteiger partial charge in [-0.3, -0.25) is 4.98 Å². The van der Waals surface area contributed by atoms with Gasteiger partial charge in [-0.1, -0.05) is 66.7 Å². The molecule has 0 aliphatic carbocycles. The average molecular weight is 397 g/mol. The van der Waals surface area contributed by atoms with Crippen LogP contribution in [0, 0.1) is 13.8 Å². The standard InChI is InChI=1S/C25H24N3P/c1-20-15-16-22(18-21(20)2)27-29(24-11-5-3-6-12-24,25-13-7-4-8-14-25)28-23-10-9-17-26-19-23/h3-19,28H,1-2H3. The Balaban J connectivity index is 2.02.